The molecule has 6 heteroatoms. The van der Waals surface area contributed by atoms with Crippen LogP contribution in [0.1, 0.15) is 58.1 Å². The predicted molar refractivity (Wildman–Crippen MR) is 93.7 cm³/mol. The molecule has 0 saturated heterocycles. The zero-order valence-electron chi connectivity index (χ0n) is 14.6. The van der Waals surface area contributed by atoms with E-state index in [0.717, 1.165) is 31.2 Å². The van der Waals surface area contributed by atoms with Crippen LogP contribution in [0.4, 0.5) is 5.69 Å². The van der Waals surface area contributed by atoms with E-state index in [1.165, 1.54) is 12.1 Å². The van der Waals surface area contributed by atoms with E-state index >= 15 is 0 Å². The van der Waals surface area contributed by atoms with Crippen molar-refractivity contribution in [3.63, 3.8) is 0 Å². The van der Waals surface area contributed by atoms with Gasteiger partial charge in [-0.1, -0.05) is 18.6 Å². The molecule has 0 spiro atoms. The Balaban J connectivity index is 1.92. The normalized spacial score (nSPS) is 22.2. The molecule has 3 unspecified atom stereocenters. The highest BCUT2D eigenvalue weighted by atomic mass is 16.6. The number of nitrogens with zero attached hydrogens (tertiary/aromatic N) is 1. The maximum atomic E-state index is 12.2. The summed E-state index contributed by atoms with van der Waals surface area (Å²) in [5.74, 6) is 0.224. The number of hydrogen-bond acceptors (Lipinski definition) is 4. The molecular formula is C18H27N3O3. The topological polar surface area (TPSA) is 84.3 Å². The van der Waals surface area contributed by atoms with Crippen molar-refractivity contribution >= 4 is 11.6 Å². The first-order chi connectivity index (χ1) is 11.4. The van der Waals surface area contributed by atoms with Crippen LogP contribution in [0.15, 0.2) is 24.3 Å². The highest BCUT2D eigenvalue weighted by Crippen LogP contribution is 2.27. The van der Waals surface area contributed by atoms with Gasteiger partial charge in [0.05, 0.1) is 4.92 Å². The van der Waals surface area contributed by atoms with Crippen molar-refractivity contribution in [2.24, 2.45) is 5.92 Å². The third kappa shape index (κ3) is 5.03. The van der Waals surface area contributed by atoms with Gasteiger partial charge >= 0.3 is 0 Å². The Morgan fingerprint density at radius 3 is 2.46 bits per heavy atom. The Bertz CT molecular complexity index is 571. The van der Waals surface area contributed by atoms with Crippen LogP contribution in [0.3, 0.4) is 0 Å². The van der Waals surface area contributed by atoms with Gasteiger partial charge in [0.1, 0.15) is 0 Å². The van der Waals surface area contributed by atoms with Gasteiger partial charge in [0.25, 0.3) is 5.69 Å². The van der Waals surface area contributed by atoms with Crippen molar-refractivity contribution in [2.75, 3.05) is 0 Å². The van der Waals surface area contributed by atoms with Crippen molar-refractivity contribution in [1.29, 1.82) is 0 Å². The summed E-state index contributed by atoms with van der Waals surface area (Å²) in [5, 5.41) is 17.3. The minimum Gasteiger partial charge on any atom is -0.354 e. The second kappa shape index (κ2) is 8.24. The lowest BCUT2D eigenvalue weighted by Gasteiger charge is -2.31. The van der Waals surface area contributed by atoms with Gasteiger partial charge < -0.3 is 10.6 Å². The summed E-state index contributed by atoms with van der Waals surface area (Å²) in [6.07, 6.45) is 3.89. The first-order valence-corrected chi connectivity index (χ1v) is 8.67. The van der Waals surface area contributed by atoms with E-state index in [0.29, 0.717) is 6.04 Å². The number of carbonyl (C=O) groups excluding carboxylic acids is 1. The van der Waals surface area contributed by atoms with Gasteiger partial charge in [-0.05, 0) is 45.6 Å². The molecule has 2 rings (SSSR count). The molecular weight excluding hydrogens is 306 g/mol. The fraction of sp³-hybridized carbons (Fsp3) is 0.611. The average molecular weight is 333 g/mol. The monoisotopic (exact) mass is 333 g/mol. The zero-order valence-corrected chi connectivity index (χ0v) is 14.6. The molecule has 24 heavy (non-hydrogen) atoms. The fourth-order valence-corrected chi connectivity index (χ4v) is 3.32. The minimum absolute atomic E-state index is 0.0720. The Labute approximate surface area is 143 Å². The summed E-state index contributed by atoms with van der Waals surface area (Å²) >= 11 is 0. The summed E-state index contributed by atoms with van der Waals surface area (Å²) in [4.78, 5) is 22.5. The largest absolute Gasteiger partial charge is 0.354 e. The van der Waals surface area contributed by atoms with Crippen LogP contribution >= 0.6 is 0 Å². The third-order valence-electron chi connectivity index (χ3n) is 4.57. The molecule has 1 aliphatic rings. The molecule has 1 aliphatic carbocycles. The van der Waals surface area contributed by atoms with Gasteiger partial charge in [0.15, 0.2) is 0 Å². The standard InChI is InChI=1S/C18H27N3O3/c1-12(2)19-18(22)15-5-4-6-16(11-15)20-13(3)14-7-9-17(10-8-14)21(23)24/h7-10,12-13,15-16,20H,4-6,11H2,1-3H3,(H,19,22). The Hall–Kier alpha value is -1.95. The van der Waals surface area contributed by atoms with E-state index in [4.69, 9.17) is 0 Å². The summed E-state index contributed by atoms with van der Waals surface area (Å²) in [6, 6.07) is 7.23. The molecule has 6 nitrogen and oxygen atoms in total. The highest BCUT2D eigenvalue weighted by molar-refractivity contribution is 5.79. The molecule has 0 bridgehead atoms. The number of amides is 1. The Morgan fingerprint density at radius 1 is 1.21 bits per heavy atom. The number of benzene rings is 1. The molecule has 3 atom stereocenters. The lowest BCUT2D eigenvalue weighted by molar-refractivity contribution is -0.384. The first-order valence-electron chi connectivity index (χ1n) is 8.67. The molecule has 0 heterocycles. The van der Waals surface area contributed by atoms with Crippen LogP contribution in [0.2, 0.25) is 0 Å². The number of nitro benzene ring substituents is 1. The van der Waals surface area contributed by atoms with Crippen LogP contribution < -0.4 is 10.6 Å². The zero-order chi connectivity index (χ0) is 17.7. The van der Waals surface area contributed by atoms with Crippen molar-refractivity contribution in [3.8, 4) is 0 Å². The maximum Gasteiger partial charge on any atom is 0.269 e. The van der Waals surface area contributed by atoms with E-state index in [-0.39, 0.29) is 34.5 Å². The van der Waals surface area contributed by atoms with Gasteiger partial charge in [0.2, 0.25) is 5.91 Å². The molecule has 0 aliphatic heterocycles. The van der Waals surface area contributed by atoms with Crippen LogP contribution in [0, 0.1) is 16.0 Å². The lowest BCUT2D eigenvalue weighted by Crippen LogP contribution is -2.42. The van der Waals surface area contributed by atoms with Gasteiger partial charge in [-0.2, -0.15) is 0 Å². The Morgan fingerprint density at radius 2 is 1.88 bits per heavy atom. The summed E-state index contributed by atoms with van der Waals surface area (Å²) in [6.45, 7) is 6.01. The van der Waals surface area contributed by atoms with E-state index in [9.17, 15) is 14.9 Å². The first kappa shape index (κ1) is 18.4. The number of rotatable bonds is 6. The molecule has 2 N–H and O–H groups in total. The van der Waals surface area contributed by atoms with Crippen LogP contribution in [0.5, 0.6) is 0 Å². The SMILES string of the molecule is CC(C)NC(=O)C1CCCC(NC(C)c2ccc([N+](=O)[O-])cc2)C1. The molecule has 1 amide bonds. The lowest BCUT2D eigenvalue weighted by atomic mass is 9.84. The number of carbonyl (C=O) groups is 1. The number of nitrogens with one attached hydrogen (secondary N) is 2. The molecule has 1 saturated carbocycles. The smallest absolute Gasteiger partial charge is 0.269 e. The van der Waals surface area contributed by atoms with Gasteiger partial charge in [-0.3, -0.25) is 14.9 Å². The van der Waals surface area contributed by atoms with E-state index < -0.39 is 0 Å². The highest BCUT2D eigenvalue weighted by Gasteiger charge is 2.28. The number of hydrogen-bond donors (Lipinski definition) is 2. The van der Waals surface area contributed by atoms with Crippen molar-refractivity contribution in [1.82, 2.24) is 10.6 Å². The fourth-order valence-electron chi connectivity index (χ4n) is 3.32. The predicted octanol–water partition coefficient (Wildman–Crippen LogP) is 3.33. The van der Waals surface area contributed by atoms with Gasteiger partial charge in [-0.25, -0.2) is 0 Å². The summed E-state index contributed by atoms with van der Waals surface area (Å²) in [7, 11) is 0. The van der Waals surface area contributed by atoms with E-state index in [1.54, 1.807) is 12.1 Å². The summed E-state index contributed by atoms with van der Waals surface area (Å²) in [5.41, 5.74) is 1.13. The van der Waals surface area contributed by atoms with Crippen LogP contribution in [-0.2, 0) is 4.79 Å². The summed E-state index contributed by atoms with van der Waals surface area (Å²) < 4.78 is 0. The second-order valence-electron chi connectivity index (χ2n) is 6.96. The number of non-ortho nitro benzene ring substituents is 1. The molecule has 1 fully saturated rings. The van der Waals surface area contributed by atoms with Gasteiger partial charge in [0, 0.05) is 36.2 Å². The minimum atomic E-state index is -0.388. The second-order valence-corrected chi connectivity index (χ2v) is 6.96. The van der Waals surface area contributed by atoms with Crippen LogP contribution in [0.25, 0.3) is 0 Å². The Kier molecular flexibility index (Phi) is 6.31. The van der Waals surface area contributed by atoms with Crippen molar-refractivity contribution in [2.45, 2.75) is 64.6 Å². The molecule has 0 radical (unpaired) electrons. The third-order valence-corrected chi connectivity index (χ3v) is 4.57. The van der Waals surface area contributed by atoms with E-state index in [2.05, 4.69) is 17.6 Å². The quantitative estimate of drug-likeness (QED) is 0.618. The molecule has 132 valence electrons. The molecule has 0 aromatic heterocycles. The van der Waals surface area contributed by atoms with Crippen LogP contribution in [-0.4, -0.2) is 22.9 Å². The van der Waals surface area contributed by atoms with E-state index in [1.807, 2.05) is 13.8 Å². The number of nitro groups is 1. The maximum absolute atomic E-state index is 12.2. The van der Waals surface area contributed by atoms with Crippen molar-refractivity contribution in [3.05, 3.63) is 39.9 Å². The molecule has 1 aromatic carbocycles. The van der Waals surface area contributed by atoms with Crippen molar-refractivity contribution < 1.29 is 9.72 Å². The average Bonchev–Trinajstić information content (AvgIpc) is 2.54. The van der Waals surface area contributed by atoms with Gasteiger partial charge in [-0.15, -0.1) is 0 Å². The molecule has 1 aromatic rings.